The van der Waals surface area contributed by atoms with E-state index in [9.17, 15) is 18.7 Å². The Morgan fingerprint density at radius 2 is 1.95 bits per heavy atom. The summed E-state index contributed by atoms with van der Waals surface area (Å²) < 4.78 is 27.5. The molecule has 1 aliphatic rings. The van der Waals surface area contributed by atoms with E-state index in [0.29, 0.717) is 12.0 Å². The summed E-state index contributed by atoms with van der Waals surface area (Å²) in [5.41, 5.74) is 7.14. The van der Waals surface area contributed by atoms with E-state index < -0.39 is 29.3 Å². The highest BCUT2D eigenvalue weighted by atomic mass is 32.1. The molecule has 0 spiro atoms. The van der Waals surface area contributed by atoms with Crippen molar-refractivity contribution < 1.29 is 23.5 Å². The van der Waals surface area contributed by atoms with Gasteiger partial charge in [-0.1, -0.05) is 24.3 Å². The van der Waals surface area contributed by atoms with Gasteiger partial charge in [0, 0.05) is 30.8 Å². The Labute approximate surface area is 225 Å². The minimum Gasteiger partial charge on any atom is -0.390 e. The van der Waals surface area contributed by atoms with Gasteiger partial charge >= 0.3 is 0 Å². The number of thiophene rings is 1. The molecule has 6 nitrogen and oxygen atoms in total. The van der Waals surface area contributed by atoms with Crippen LogP contribution in [0.2, 0.25) is 0 Å². The number of nitrogens with one attached hydrogen (secondary N) is 3. The fourth-order valence-corrected chi connectivity index (χ4v) is 5.66. The first-order valence-electron chi connectivity index (χ1n) is 12.5. The van der Waals surface area contributed by atoms with Gasteiger partial charge in [0.15, 0.2) is 0 Å². The molecule has 9 heteroatoms. The van der Waals surface area contributed by atoms with Crippen LogP contribution < -0.4 is 16.1 Å². The van der Waals surface area contributed by atoms with Crippen LogP contribution in [-0.4, -0.2) is 36.8 Å². The van der Waals surface area contributed by atoms with Crippen molar-refractivity contribution in [3.63, 3.8) is 0 Å². The second kappa shape index (κ2) is 12.6. The molecular weight excluding hydrogens is 508 g/mol. The molecule has 1 aliphatic carbocycles. The van der Waals surface area contributed by atoms with Crippen molar-refractivity contribution in [3.8, 4) is 11.1 Å². The van der Waals surface area contributed by atoms with Gasteiger partial charge in [0.1, 0.15) is 11.6 Å². The number of hydrogen-bond donors (Lipinski definition) is 4. The zero-order chi connectivity index (χ0) is 27.1. The van der Waals surface area contributed by atoms with E-state index in [1.165, 1.54) is 19.1 Å². The van der Waals surface area contributed by atoms with Gasteiger partial charge in [-0.15, -0.1) is 0 Å². The molecule has 0 saturated carbocycles. The van der Waals surface area contributed by atoms with Crippen LogP contribution >= 0.6 is 11.3 Å². The van der Waals surface area contributed by atoms with Gasteiger partial charge in [0.05, 0.1) is 19.3 Å². The lowest BCUT2D eigenvalue weighted by atomic mass is 9.77. The zero-order valence-corrected chi connectivity index (χ0v) is 22.3. The quantitative estimate of drug-likeness (QED) is 0.262. The minimum atomic E-state index is -1.01. The predicted molar refractivity (Wildman–Crippen MR) is 145 cm³/mol. The van der Waals surface area contributed by atoms with Gasteiger partial charge in [0.25, 0.3) is 0 Å². The van der Waals surface area contributed by atoms with E-state index >= 15 is 0 Å². The fraction of sp³-hybridized carbons (Fsp3) is 0.345. The van der Waals surface area contributed by atoms with Crippen molar-refractivity contribution in [1.29, 1.82) is 0 Å². The molecule has 3 unspecified atom stereocenters. The van der Waals surface area contributed by atoms with Crippen molar-refractivity contribution in [3.05, 3.63) is 93.8 Å². The second-order valence-corrected chi connectivity index (χ2v) is 10.4. The van der Waals surface area contributed by atoms with Crippen LogP contribution in [0.25, 0.3) is 11.1 Å². The van der Waals surface area contributed by atoms with Gasteiger partial charge in [0.2, 0.25) is 5.91 Å². The summed E-state index contributed by atoms with van der Waals surface area (Å²) in [6.45, 7) is 1.51. The van der Waals surface area contributed by atoms with Gasteiger partial charge in [-0.25, -0.2) is 8.78 Å². The molecule has 2 aromatic carbocycles. The molecule has 0 radical (unpaired) electrons. The van der Waals surface area contributed by atoms with E-state index in [0.717, 1.165) is 41.3 Å². The summed E-state index contributed by atoms with van der Waals surface area (Å²) in [7, 11) is 1.58. The van der Waals surface area contributed by atoms with E-state index in [2.05, 4.69) is 51.8 Å². The molecule has 0 bridgehead atoms. The van der Waals surface area contributed by atoms with Crippen molar-refractivity contribution in [2.75, 3.05) is 13.7 Å². The van der Waals surface area contributed by atoms with E-state index in [1.54, 1.807) is 18.4 Å². The standard InChI is InChI=1S/C29H33F2N3O3S/c1-19(35)33-27(14-20-12-24(30)16-25(31)13-20)28(36)17-32-29(9-6-26(7-10-29)34-37-2)23-5-3-4-21(15-23)22-8-11-38-18-22/h3-6,8,11-13,15-16,18,27-28,32,34,36H,7,9-10,14,17H2,1-2H3,(H,33,35). The SMILES string of the molecule is CONC1=CCC(NCC(O)C(Cc2cc(F)cc(F)c2)NC(C)=O)(c2cccc(-c3ccsc3)c2)CC1. The molecule has 0 aliphatic heterocycles. The molecule has 3 atom stereocenters. The van der Waals surface area contributed by atoms with Crippen LogP contribution in [0.4, 0.5) is 8.78 Å². The van der Waals surface area contributed by atoms with Crippen LogP contribution in [0.1, 0.15) is 37.3 Å². The molecule has 0 saturated heterocycles. The number of hydrogen-bond acceptors (Lipinski definition) is 6. The lowest BCUT2D eigenvalue weighted by Gasteiger charge is -2.40. The minimum absolute atomic E-state index is 0.0829. The third-order valence-electron chi connectivity index (χ3n) is 6.90. The maximum absolute atomic E-state index is 13.8. The number of carbonyl (C=O) groups is 1. The molecule has 1 heterocycles. The number of halogens is 2. The lowest BCUT2D eigenvalue weighted by molar-refractivity contribution is -0.120. The summed E-state index contributed by atoms with van der Waals surface area (Å²) in [6, 6.07) is 12.9. The van der Waals surface area contributed by atoms with Crippen LogP contribution in [-0.2, 0) is 21.6 Å². The van der Waals surface area contributed by atoms with Gasteiger partial charge in [-0.2, -0.15) is 11.3 Å². The van der Waals surface area contributed by atoms with Crippen molar-refractivity contribution in [1.82, 2.24) is 16.1 Å². The molecule has 4 rings (SSSR count). The normalized spacial score (nSPS) is 18.9. The summed E-state index contributed by atoms with van der Waals surface area (Å²) in [4.78, 5) is 17.0. The van der Waals surface area contributed by atoms with Gasteiger partial charge in [-0.3, -0.25) is 15.1 Å². The maximum Gasteiger partial charge on any atom is 0.217 e. The summed E-state index contributed by atoms with van der Waals surface area (Å²) >= 11 is 1.64. The van der Waals surface area contributed by atoms with Crippen LogP contribution in [0.15, 0.2) is 71.1 Å². The van der Waals surface area contributed by atoms with Crippen LogP contribution in [0.5, 0.6) is 0 Å². The van der Waals surface area contributed by atoms with Gasteiger partial charge in [-0.05, 0) is 83.0 Å². The zero-order valence-electron chi connectivity index (χ0n) is 21.5. The first-order chi connectivity index (χ1) is 18.3. The molecule has 38 heavy (non-hydrogen) atoms. The largest absolute Gasteiger partial charge is 0.390 e. The van der Waals surface area contributed by atoms with Crippen molar-refractivity contribution >= 4 is 17.2 Å². The second-order valence-electron chi connectivity index (χ2n) is 9.65. The van der Waals surface area contributed by atoms with Gasteiger partial charge < -0.3 is 15.7 Å². The van der Waals surface area contributed by atoms with Crippen LogP contribution in [0, 0.1) is 11.6 Å². The third kappa shape index (κ3) is 7.05. The highest BCUT2D eigenvalue weighted by Crippen LogP contribution is 2.38. The summed E-state index contributed by atoms with van der Waals surface area (Å²) in [5.74, 6) is -1.73. The highest BCUT2D eigenvalue weighted by Gasteiger charge is 2.35. The first kappa shape index (κ1) is 27.9. The molecule has 0 fully saturated rings. The Morgan fingerprint density at radius 3 is 2.58 bits per heavy atom. The van der Waals surface area contributed by atoms with Crippen molar-refractivity contribution in [2.45, 2.75) is 50.3 Å². The number of carbonyl (C=O) groups excluding carboxylic acids is 1. The average Bonchev–Trinajstić information content (AvgIpc) is 3.43. The smallest absolute Gasteiger partial charge is 0.217 e. The number of benzene rings is 2. The number of aliphatic hydroxyl groups excluding tert-OH is 1. The fourth-order valence-electron chi connectivity index (χ4n) is 4.99. The Hall–Kier alpha value is -3.11. The lowest BCUT2D eigenvalue weighted by Crippen LogP contribution is -2.53. The van der Waals surface area contributed by atoms with Crippen LogP contribution in [0.3, 0.4) is 0 Å². The monoisotopic (exact) mass is 541 g/mol. The molecular formula is C29H33F2N3O3S. The Morgan fingerprint density at radius 1 is 1.16 bits per heavy atom. The van der Waals surface area contributed by atoms with E-state index in [4.69, 9.17) is 4.84 Å². The number of rotatable bonds is 11. The molecule has 1 amide bonds. The topological polar surface area (TPSA) is 82.6 Å². The maximum atomic E-state index is 13.8. The molecule has 202 valence electrons. The molecule has 4 N–H and O–H groups in total. The predicted octanol–water partition coefficient (Wildman–Crippen LogP) is 4.81. The van der Waals surface area contributed by atoms with Crippen molar-refractivity contribution in [2.24, 2.45) is 0 Å². The summed E-state index contributed by atoms with van der Waals surface area (Å²) in [5, 5.41) is 21.7. The third-order valence-corrected chi connectivity index (χ3v) is 7.58. The number of amides is 1. The summed E-state index contributed by atoms with van der Waals surface area (Å²) in [6.07, 6.45) is 3.29. The average molecular weight is 542 g/mol. The van der Waals surface area contributed by atoms with E-state index in [-0.39, 0.29) is 18.9 Å². The number of hydroxylamine groups is 1. The Bertz CT molecular complexity index is 1250. The molecule has 1 aromatic heterocycles. The number of allylic oxidation sites excluding steroid dienone is 1. The van der Waals surface area contributed by atoms with E-state index in [1.807, 2.05) is 11.4 Å². The molecule has 3 aromatic rings. The Balaban J connectivity index is 1.57. The Kier molecular flexibility index (Phi) is 9.27. The highest BCUT2D eigenvalue weighted by molar-refractivity contribution is 7.08. The number of aliphatic hydroxyl groups is 1. The first-order valence-corrected chi connectivity index (χ1v) is 13.5.